The Morgan fingerprint density at radius 2 is 2.03 bits per heavy atom. The number of hydrogen-bond donors (Lipinski definition) is 1. The Bertz CT molecular complexity index is 1350. The van der Waals surface area contributed by atoms with E-state index in [-0.39, 0.29) is 30.6 Å². The second-order valence-electron chi connectivity index (χ2n) is 9.81. The fourth-order valence-corrected chi connectivity index (χ4v) is 5.94. The van der Waals surface area contributed by atoms with Crippen LogP contribution in [-0.4, -0.2) is 52.8 Å². The molecule has 0 spiro atoms. The molecular formula is C30H35N3O4S. The molecule has 2 N–H and O–H groups in total. The lowest BCUT2D eigenvalue weighted by molar-refractivity contribution is -0.164. The zero-order chi connectivity index (χ0) is 27.3. The zero-order valence-corrected chi connectivity index (χ0v) is 22.9. The number of carbonyl (C=O) groups is 3. The number of anilines is 1. The van der Waals surface area contributed by atoms with Crippen LogP contribution in [0, 0.1) is 0 Å². The van der Waals surface area contributed by atoms with Gasteiger partial charge in [-0.25, -0.2) is 0 Å². The minimum Gasteiger partial charge on any atom is -0.466 e. The summed E-state index contributed by atoms with van der Waals surface area (Å²) in [6, 6.07) is 13.7. The Hall–Kier alpha value is -3.65. The van der Waals surface area contributed by atoms with E-state index < -0.39 is 5.54 Å². The van der Waals surface area contributed by atoms with Crippen LogP contribution in [0.4, 0.5) is 5.69 Å². The predicted octanol–water partition coefficient (Wildman–Crippen LogP) is 5.03. The van der Waals surface area contributed by atoms with E-state index in [9.17, 15) is 14.4 Å². The van der Waals surface area contributed by atoms with Crippen molar-refractivity contribution in [1.29, 1.82) is 0 Å². The molecule has 7 nitrogen and oxygen atoms in total. The van der Waals surface area contributed by atoms with Gasteiger partial charge in [0, 0.05) is 36.4 Å². The van der Waals surface area contributed by atoms with Gasteiger partial charge < -0.3 is 20.3 Å². The topological polar surface area (TPSA) is 92.9 Å². The maximum absolute atomic E-state index is 14.0. The summed E-state index contributed by atoms with van der Waals surface area (Å²) < 4.78 is 6.20. The first-order chi connectivity index (χ1) is 18.3. The molecular weight excluding hydrogens is 498 g/mol. The molecule has 4 rings (SSSR count). The van der Waals surface area contributed by atoms with Gasteiger partial charge in [0.1, 0.15) is 5.54 Å². The van der Waals surface area contributed by atoms with Crippen LogP contribution in [-0.2, 0) is 32.1 Å². The van der Waals surface area contributed by atoms with Gasteiger partial charge >= 0.3 is 5.97 Å². The Kier molecular flexibility index (Phi) is 8.52. The molecule has 0 bridgehead atoms. The first-order valence-corrected chi connectivity index (χ1v) is 13.9. The number of rotatable bonds is 11. The molecule has 1 unspecified atom stereocenters. The number of fused-ring (bicyclic) bond motifs is 1. The predicted molar refractivity (Wildman–Crippen MR) is 152 cm³/mol. The van der Waals surface area contributed by atoms with E-state index >= 15 is 0 Å². The Labute approximate surface area is 227 Å². The lowest BCUT2D eigenvalue weighted by Gasteiger charge is -2.51. The molecule has 2 heterocycles. The summed E-state index contributed by atoms with van der Waals surface area (Å²) in [5.41, 5.74) is 8.51. The van der Waals surface area contributed by atoms with Crippen molar-refractivity contribution >= 4 is 51.0 Å². The van der Waals surface area contributed by atoms with Crippen molar-refractivity contribution in [3.63, 3.8) is 0 Å². The average molecular weight is 534 g/mol. The molecule has 3 aromatic rings. The van der Waals surface area contributed by atoms with Gasteiger partial charge in [-0.15, -0.1) is 11.3 Å². The van der Waals surface area contributed by atoms with Crippen molar-refractivity contribution < 1.29 is 19.1 Å². The third-order valence-electron chi connectivity index (χ3n) is 7.23. The van der Waals surface area contributed by atoms with E-state index in [1.807, 2.05) is 54.8 Å². The maximum Gasteiger partial charge on any atom is 0.305 e. The minimum atomic E-state index is -0.931. The highest BCUT2D eigenvalue weighted by Gasteiger charge is 2.50. The molecule has 2 aromatic carbocycles. The fourth-order valence-electron chi connectivity index (χ4n) is 4.98. The number of thiophene rings is 1. The summed E-state index contributed by atoms with van der Waals surface area (Å²) in [6.07, 6.45) is 3.23. The number of nitrogen functional groups attached to an aromatic ring is 1. The maximum atomic E-state index is 14.0. The number of ether oxygens (including phenoxy) is 1. The van der Waals surface area contributed by atoms with Crippen LogP contribution in [0.5, 0.6) is 0 Å². The summed E-state index contributed by atoms with van der Waals surface area (Å²) >= 11 is 1.62. The first-order valence-electron chi connectivity index (χ1n) is 13.0. The van der Waals surface area contributed by atoms with Crippen molar-refractivity contribution in [2.24, 2.45) is 0 Å². The molecule has 1 aliphatic heterocycles. The summed E-state index contributed by atoms with van der Waals surface area (Å²) in [6.45, 7) is 8.96. The van der Waals surface area contributed by atoms with Gasteiger partial charge in [-0.2, -0.15) is 0 Å². The van der Waals surface area contributed by atoms with E-state index in [0.29, 0.717) is 44.8 Å². The third-order valence-corrected chi connectivity index (χ3v) is 8.24. The van der Waals surface area contributed by atoms with Crippen molar-refractivity contribution in [2.75, 3.05) is 25.4 Å². The zero-order valence-electron chi connectivity index (χ0n) is 22.1. The molecule has 1 aromatic heterocycles. The molecule has 200 valence electrons. The molecule has 8 heteroatoms. The third kappa shape index (κ3) is 5.75. The van der Waals surface area contributed by atoms with E-state index in [1.54, 1.807) is 34.1 Å². The van der Waals surface area contributed by atoms with E-state index in [1.165, 1.54) is 0 Å². The van der Waals surface area contributed by atoms with Gasteiger partial charge in [-0.05, 0) is 66.3 Å². The quantitative estimate of drug-likeness (QED) is 0.276. The van der Waals surface area contributed by atoms with Crippen LogP contribution in [0.3, 0.4) is 0 Å². The first kappa shape index (κ1) is 27.4. The number of carbonyl (C=O) groups excluding carboxylic acids is 3. The van der Waals surface area contributed by atoms with Crippen LogP contribution in [0.15, 0.2) is 54.4 Å². The summed E-state index contributed by atoms with van der Waals surface area (Å²) in [7, 11) is 0. The van der Waals surface area contributed by atoms with Gasteiger partial charge in [-0.1, -0.05) is 43.0 Å². The van der Waals surface area contributed by atoms with Crippen LogP contribution < -0.4 is 5.73 Å². The van der Waals surface area contributed by atoms with Gasteiger partial charge in [0.05, 0.1) is 13.0 Å². The fraction of sp³-hybridized carbons (Fsp3) is 0.367. The van der Waals surface area contributed by atoms with E-state index in [4.69, 9.17) is 10.5 Å². The van der Waals surface area contributed by atoms with Crippen molar-refractivity contribution in [2.45, 2.75) is 51.6 Å². The minimum absolute atomic E-state index is 0.0540. The molecule has 1 atom stereocenters. The molecule has 0 aliphatic carbocycles. The van der Waals surface area contributed by atoms with E-state index in [0.717, 1.165) is 26.8 Å². The Morgan fingerprint density at radius 1 is 1.24 bits per heavy atom. The second-order valence-corrected chi connectivity index (χ2v) is 10.7. The number of nitrogens with two attached hydrogens (primary N) is 1. The van der Waals surface area contributed by atoms with Crippen molar-refractivity contribution in [1.82, 2.24) is 9.80 Å². The van der Waals surface area contributed by atoms with Crippen LogP contribution in [0.2, 0.25) is 0 Å². The highest BCUT2D eigenvalue weighted by atomic mass is 32.1. The number of likely N-dealkylation sites (tertiary alicyclic amines) is 1. The standard InChI is InChI=1S/C30H35N3O4S/c1-4-22-13-12-21(17-25(22)31)19-32(15-8-11-28(35)37-5-2)29(36)30(3)14-16-33(30)27(34)18-23-20-38-26-10-7-6-9-24(23)26/h4,6-7,9-10,12-13,17,20H,1,5,8,11,14-16,18-19,31H2,2-3H3. The van der Waals surface area contributed by atoms with Gasteiger partial charge in [0.25, 0.3) is 0 Å². The Balaban J connectivity index is 1.51. The van der Waals surface area contributed by atoms with Crippen LogP contribution >= 0.6 is 11.3 Å². The monoisotopic (exact) mass is 533 g/mol. The molecule has 38 heavy (non-hydrogen) atoms. The van der Waals surface area contributed by atoms with Gasteiger partial charge in [-0.3, -0.25) is 14.4 Å². The number of esters is 1. The van der Waals surface area contributed by atoms with Crippen molar-refractivity contribution in [3.8, 4) is 0 Å². The number of nitrogens with zero attached hydrogens (tertiary/aromatic N) is 2. The molecule has 0 saturated carbocycles. The Morgan fingerprint density at radius 3 is 2.71 bits per heavy atom. The average Bonchev–Trinajstić information content (AvgIpc) is 3.29. The largest absolute Gasteiger partial charge is 0.466 e. The summed E-state index contributed by atoms with van der Waals surface area (Å²) in [5, 5.41) is 3.11. The smallest absolute Gasteiger partial charge is 0.305 e. The molecule has 2 amide bonds. The molecule has 1 saturated heterocycles. The lowest BCUT2D eigenvalue weighted by Crippen LogP contribution is -2.68. The second kappa shape index (κ2) is 11.8. The molecule has 0 radical (unpaired) electrons. The summed E-state index contributed by atoms with van der Waals surface area (Å²) in [4.78, 5) is 42.7. The van der Waals surface area contributed by atoms with Gasteiger partial charge in [0.2, 0.25) is 11.8 Å². The summed E-state index contributed by atoms with van der Waals surface area (Å²) in [5.74, 6) is -0.460. The molecule has 1 fully saturated rings. The van der Waals surface area contributed by atoms with E-state index in [2.05, 4.69) is 6.58 Å². The van der Waals surface area contributed by atoms with Crippen LogP contribution in [0.25, 0.3) is 16.2 Å². The van der Waals surface area contributed by atoms with Crippen molar-refractivity contribution in [3.05, 3.63) is 71.1 Å². The number of amides is 2. The number of benzene rings is 2. The molecule has 1 aliphatic rings. The van der Waals surface area contributed by atoms with Gasteiger partial charge in [0.15, 0.2) is 0 Å². The highest BCUT2D eigenvalue weighted by Crippen LogP contribution is 2.35. The number of hydrogen-bond acceptors (Lipinski definition) is 6. The highest BCUT2D eigenvalue weighted by molar-refractivity contribution is 7.17. The SMILES string of the molecule is C=Cc1ccc(CN(CCCC(=O)OCC)C(=O)C2(C)CCN2C(=O)Cc2csc3ccccc23)cc1N. The lowest BCUT2D eigenvalue weighted by atomic mass is 9.84. The van der Waals surface area contributed by atoms with Crippen LogP contribution in [0.1, 0.15) is 49.8 Å². The normalized spacial score (nSPS) is 16.6.